The normalized spacial score (nSPS) is 20.1. The lowest BCUT2D eigenvalue weighted by Crippen LogP contribution is -2.31. The van der Waals surface area contributed by atoms with Crippen LogP contribution in [0.5, 0.6) is 0 Å². The standard InChI is InChI=1S/C7H16N2O2S/c1-8-12(10,11)7-6-9-4-2-3-5-9/h8H,2-7H2,1H3. The Bertz CT molecular complexity index is 220. The van der Waals surface area contributed by atoms with Crippen LogP contribution in [-0.4, -0.2) is 45.8 Å². The summed E-state index contributed by atoms with van der Waals surface area (Å²) in [7, 11) is -1.54. The molecule has 72 valence electrons. The predicted octanol–water partition coefficient (Wildman–Crippen LogP) is -0.369. The van der Waals surface area contributed by atoms with E-state index >= 15 is 0 Å². The fourth-order valence-corrected chi connectivity index (χ4v) is 2.06. The second kappa shape index (κ2) is 4.20. The van der Waals surface area contributed by atoms with Crippen molar-refractivity contribution in [2.45, 2.75) is 12.8 Å². The lowest BCUT2D eigenvalue weighted by molar-refractivity contribution is 0.359. The molecule has 0 aromatic heterocycles. The van der Waals surface area contributed by atoms with E-state index in [2.05, 4.69) is 9.62 Å². The van der Waals surface area contributed by atoms with Gasteiger partial charge in [-0.25, -0.2) is 13.1 Å². The molecule has 12 heavy (non-hydrogen) atoms. The second-order valence-electron chi connectivity index (χ2n) is 3.07. The van der Waals surface area contributed by atoms with Crippen LogP contribution in [0.1, 0.15) is 12.8 Å². The molecule has 0 aromatic carbocycles. The summed E-state index contributed by atoms with van der Waals surface area (Å²) in [5.41, 5.74) is 0. The number of likely N-dealkylation sites (tertiary alicyclic amines) is 1. The monoisotopic (exact) mass is 192 g/mol. The molecule has 0 amide bonds. The third-order valence-electron chi connectivity index (χ3n) is 2.19. The van der Waals surface area contributed by atoms with Gasteiger partial charge in [-0.15, -0.1) is 0 Å². The van der Waals surface area contributed by atoms with Gasteiger partial charge >= 0.3 is 0 Å². The minimum Gasteiger partial charge on any atom is -0.302 e. The number of hydrogen-bond donors (Lipinski definition) is 1. The van der Waals surface area contributed by atoms with Gasteiger partial charge in [0, 0.05) is 6.54 Å². The molecule has 1 N–H and O–H groups in total. The Hall–Kier alpha value is -0.130. The van der Waals surface area contributed by atoms with Gasteiger partial charge in [0.1, 0.15) is 0 Å². The SMILES string of the molecule is CNS(=O)(=O)CCN1CCCC1. The molecular formula is C7H16N2O2S. The van der Waals surface area contributed by atoms with Crippen molar-refractivity contribution in [1.82, 2.24) is 9.62 Å². The zero-order valence-corrected chi connectivity index (χ0v) is 8.23. The lowest BCUT2D eigenvalue weighted by atomic mass is 10.4. The van der Waals surface area contributed by atoms with Crippen LogP contribution in [0.25, 0.3) is 0 Å². The quantitative estimate of drug-likeness (QED) is 0.661. The van der Waals surface area contributed by atoms with Gasteiger partial charge in [-0.05, 0) is 33.0 Å². The zero-order chi connectivity index (χ0) is 9.03. The van der Waals surface area contributed by atoms with Gasteiger partial charge in [-0.3, -0.25) is 0 Å². The summed E-state index contributed by atoms with van der Waals surface area (Å²) in [6.07, 6.45) is 2.42. The number of hydrogen-bond acceptors (Lipinski definition) is 3. The van der Waals surface area contributed by atoms with E-state index in [-0.39, 0.29) is 5.75 Å². The van der Waals surface area contributed by atoms with Gasteiger partial charge in [-0.2, -0.15) is 0 Å². The van der Waals surface area contributed by atoms with Crippen LogP contribution < -0.4 is 4.72 Å². The Labute approximate surface area is 74.0 Å². The predicted molar refractivity (Wildman–Crippen MR) is 48.5 cm³/mol. The number of nitrogens with one attached hydrogen (secondary N) is 1. The van der Waals surface area contributed by atoms with E-state index in [0.717, 1.165) is 13.1 Å². The molecular weight excluding hydrogens is 176 g/mol. The van der Waals surface area contributed by atoms with Gasteiger partial charge in [0.25, 0.3) is 0 Å². The van der Waals surface area contributed by atoms with E-state index in [0.29, 0.717) is 6.54 Å². The highest BCUT2D eigenvalue weighted by Crippen LogP contribution is 2.06. The summed E-state index contributed by atoms with van der Waals surface area (Å²) in [5, 5.41) is 0. The average Bonchev–Trinajstić information content (AvgIpc) is 2.53. The maximum atomic E-state index is 11.0. The van der Waals surface area contributed by atoms with Gasteiger partial charge in [0.2, 0.25) is 10.0 Å². The van der Waals surface area contributed by atoms with Crippen molar-refractivity contribution in [1.29, 1.82) is 0 Å². The van der Waals surface area contributed by atoms with E-state index in [1.165, 1.54) is 19.9 Å². The Kier molecular flexibility index (Phi) is 3.49. The van der Waals surface area contributed by atoms with E-state index in [9.17, 15) is 8.42 Å². The molecule has 0 aliphatic carbocycles. The summed E-state index contributed by atoms with van der Waals surface area (Å²) >= 11 is 0. The molecule has 0 bridgehead atoms. The van der Waals surface area contributed by atoms with E-state index < -0.39 is 10.0 Å². The van der Waals surface area contributed by atoms with Gasteiger partial charge in [0.05, 0.1) is 5.75 Å². The molecule has 4 nitrogen and oxygen atoms in total. The van der Waals surface area contributed by atoms with Crippen LogP contribution in [0.4, 0.5) is 0 Å². The lowest BCUT2D eigenvalue weighted by Gasteiger charge is -2.13. The van der Waals surface area contributed by atoms with Gasteiger partial charge < -0.3 is 4.90 Å². The van der Waals surface area contributed by atoms with Crippen molar-refractivity contribution in [3.8, 4) is 0 Å². The minimum absolute atomic E-state index is 0.226. The molecule has 1 aliphatic heterocycles. The van der Waals surface area contributed by atoms with E-state index in [4.69, 9.17) is 0 Å². The second-order valence-corrected chi connectivity index (χ2v) is 5.12. The van der Waals surface area contributed by atoms with Gasteiger partial charge in [0.15, 0.2) is 0 Å². The first kappa shape index (κ1) is 9.95. The third kappa shape index (κ3) is 3.08. The van der Waals surface area contributed by atoms with Crippen LogP contribution in [0.3, 0.4) is 0 Å². The van der Waals surface area contributed by atoms with Crippen LogP contribution in [0.2, 0.25) is 0 Å². The van der Waals surface area contributed by atoms with Crippen molar-refractivity contribution in [3.63, 3.8) is 0 Å². The molecule has 1 rings (SSSR count). The molecule has 1 heterocycles. The van der Waals surface area contributed by atoms with Crippen molar-refractivity contribution in [2.24, 2.45) is 0 Å². The van der Waals surface area contributed by atoms with Crippen molar-refractivity contribution < 1.29 is 8.42 Å². The molecule has 5 heteroatoms. The Balaban J connectivity index is 2.25. The van der Waals surface area contributed by atoms with Crippen molar-refractivity contribution in [2.75, 3.05) is 32.4 Å². The topological polar surface area (TPSA) is 49.4 Å². The van der Waals surface area contributed by atoms with Crippen molar-refractivity contribution in [3.05, 3.63) is 0 Å². The van der Waals surface area contributed by atoms with Crippen LogP contribution in [0, 0.1) is 0 Å². The van der Waals surface area contributed by atoms with E-state index in [1.807, 2.05) is 0 Å². The summed E-state index contributed by atoms with van der Waals surface area (Å²) < 4.78 is 24.3. The fraction of sp³-hybridized carbons (Fsp3) is 1.00. The smallest absolute Gasteiger partial charge is 0.212 e. The Morgan fingerprint density at radius 2 is 1.92 bits per heavy atom. The molecule has 1 fully saturated rings. The maximum Gasteiger partial charge on any atom is 0.212 e. The highest BCUT2D eigenvalue weighted by Gasteiger charge is 2.14. The largest absolute Gasteiger partial charge is 0.302 e. The summed E-state index contributed by atoms with van der Waals surface area (Å²) in [5.74, 6) is 0.226. The van der Waals surface area contributed by atoms with E-state index in [1.54, 1.807) is 0 Å². The van der Waals surface area contributed by atoms with Crippen LogP contribution >= 0.6 is 0 Å². The highest BCUT2D eigenvalue weighted by molar-refractivity contribution is 7.89. The molecule has 0 spiro atoms. The summed E-state index contributed by atoms with van der Waals surface area (Å²) in [4.78, 5) is 2.19. The number of rotatable bonds is 4. The first-order valence-electron chi connectivity index (χ1n) is 4.27. The fourth-order valence-electron chi connectivity index (χ4n) is 1.36. The van der Waals surface area contributed by atoms with Crippen LogP contribution in [-0.2, 0) is 10.0 Å². The molecule has 0 unspecified atom stereocenters. The minimum atomic E-state index is -3.00. The average molecular weight is 192 g/mol. The third-order valence-corrected chi connectivity index (χ3v) is 3.53. The first-order valence-corrected chi connectivity index (χ1v) is 5.93. The highest BCUT2D eigenvalue weighted by atomic mass is 32.2. The molecule has 1 aliphatic rings. The summed E-state index contributed by atoms with van der Waals surface area (Å²) in [6, 6.07) is 0. The molecule has 0 radical (unpaired) electrons. The first-order chi connectivity index (χ1) is 5.64. The Morgan fingerprint density at radius 3 is 2.42 bits per heavy atom. The van der Waals surface area contributed by atoms with Crippen LogP contribution in [0.15, 0.2) is 0 Å². The molecule has 0 aromatic rings. The summed E-state index contributed by atoms with van der Waals surface area (Å²) in [6.45, 7) is 2.78. The molecule has 1 saturated heterocycles. The number of nitrogens with zero attached hydrogens (tertiary/aromatic N) is 1. The van der Waals surface area contributed by atoms with Crippen molar-refractivity contribution >= 4 is 10.0 Å². The maximum absolute atomic E-state index is 11.0. The number of sulfonamides is 1. The zero-order valence-electron chi connectivity index (χ0n) is 7.41. The molecule has 0 atom stereocenters. The van der Waals surface area contributed by atoms with Gasteiger partial charge in [-0.1, -0.05) is 0 Å². The Morgan fingerprint density at radius 1 is 1.33 bits per heavy atom. The molecule has 0 saturated carbocycles.